The molecule has 0 aliphatic carbocycles. The fraction of sp³-hybridized carbons (Fsp3) is 0.167. The predicted molar refractivity (Wildman–Crippen MR) is 74.2 cm³/mol. The highest BCUT2D eigenvalue weighted by molar-refractivity contribution is 9.11. The van der Waals surface area contributed by atoms with Crippen LogP contribution in [0.4, 0.5) is 4.39 Å². The Hall–Kier alpha value is -0.420. The van der Waals surface area contributed by atoms with Crippen LogP contribution in [0.3, 0.4) is 0 Å². The zero-order chi connectivity index (χ0) is 12.6. The van der Waals surface area contributed by atoms with Crippen molar-refractivity contribution < 1.29 is 4.39 Å². The minimum atomic E-state index is -0.483. The van der Waals surface area contributed by atoms with Crippen LogP contribution in [0.15, 0.2) is 28.1 Å². The van der Waals surface area contributed by atoms with Gasteiger partial charge in [0.1, 0.15) is 5.82 Å². The van der Waals surface area contributed by atoms with Crippen molar-refractivity contribution in [3.05, 3.63) is 54.9 Å². The Bertz CT molecular complexity index is 536. The fourth-order valence-corrected chi connectivity index (χ4v) is 3.35. The van der Waals surface area contributed by atoms with Crippen LogP contribution in [-0.4, -0.2) is 0 Å². The highest BCUT2D eigenvalue weighted by Crippen LogP contribution is 2.37. The minimum absolute atomic E-state index is 0.249. The Labute approximate surface area is 117 Å². The van der Waals surface area contributed by atoms with E-state index in [0.717, 1.165) is 8.66 Å². The van der Waals surface area contributed by atoms with Gasteiger partial charge in [-0.25, -0.2) is 4.39 Å². The molecule has 5 heteroatoms. The van der Waals surface area contributed by atoms with Gasteiger partial charge in [0.15, 0.2) is 0 Å². The van der Waals surface area contributed by atoms with Crippen LogP contribution >= 0.6 is 38.9 Å². The molecule has 0 saturated heterocycles. The molecule has 17 heavy (non-hydrogen) atoms. The normalized spacial score (nSPS) is 12.8. The van der Waals surface area contributed by atoms with Gasteiger partial charge in [0.05, 0.1) is 14.9 Å². The van der Waals surface area contributed by atoms with Gasteiger partial charge in [-0.05, 0) is 34.5 Å². The summed E-state index contributed by atoms with van der Waals surface area (Å²) in [6.45, 7) is 1.73. The van der Waals surface area contributed by atoms with Crippen molar-refractivity contribution in [1.82, 2.24) is 0 Å². The number of rotatable bonds is 2. The van der Waals surface area contributed by atoms with Gasteiger partial charge < -0.3 is 5.73 Å². The molecule has 2 N–H and O–H groups in total. The summed E-state index contributed by atoms with van der Waals surface area (Å²) in [5, 5.41) is 0.605. The lowest BCUT2D eigenvalue weighted by Gasteiger charge is -2.12. The number of hydrogen-bond acceptors (Lipinski definition) is 2. The van der Waals surface area contributed by atoms with Crippen LogP contribution in [0.5, 0.6) is 0 Å². The maximum Gasteiger partial charge on any atom is 0.131 e. The molecule has 1 unspecified atom stereocenters. The number of halogens is 3. The highest BCUT2D eigenvalue weighted by Gasteiger charge is 2.18. The summed E-state index contributed by atoms with van der Waals surface area (Å²) >= 11 is 10.7. The smallest absolute Gasteiger partial charge is 0.131 e. The second-order valence-corrected chi connectivity index (χ2v) is 6.54. The molecule has 1 aromatic carbocycles. The average Bonchev–Trinajstić information content (AvgIpc) is 2.62. The first-order chi connectivity index (χ1) is 8.00. The van der Waals surface area contributed by atoms with E-state index in [1.54, 1.807) is 31.2 Å². The largest absolute Gasteiger partial charge is 0.320 e. The van der Waals surface area contributed by atoms with Crippen LogP contribution in [0.1, 0.15) is 22.0 Å². The molecule has 90 valence electrons. The van der Waals surface area contributed by atoms with Crippen LogP contribution in [0, 0.1) is 12.7 Å². The van der Waals surface area contributed by atoms with E-state index in [1.165, 1.54) is 11.3 Å². The Kier molecular flexibility index (Phi) is 3.88. The summed E-state index contributed by atoms with van der Waals surface area (Å²) in [7, 11) is 0. The molecule has 1 nitrogen and oxygen atoms in total. The second-order valence-electron chi connectivity index (χ2n) is 3.73. The zero-order valence-corrected chi connectivity index (χ0v) is 12.2. The van der Waals surface area contributed by atoms with Crippen LogP contribution in [-0.2, 0) is 0 Å². The lowest BCUT2D eigenvalue weighted by atomic mass is 10.0. The molecule has 0 aliphatic rings. The molecule has 0 aliphatic heterocycles. The maximum absolute atomic E-state index is 13.9. The van der Waals surface area contributed by atoms with E-state index in [1.807, 2.05) is 0 Å². The first-order valence-corrected chi connectivity index (χ1v) is 6.94. The van der Waals surface area contributed by atoms with E-state index in [9.17, 15) is 4.39 Å². The van der Waals surface area contributed by atoms with Crippen molar-refractivity contribution in [2.45, 2.75) is 13.0 Å². The summed E-state index contributed by atoms with van der Waals surface area (Å²) in [6.07, 6.45) is 0. The van der Waals surface area contributed by atoms with Crippen LogP contribution in [0.25, 0.3) is 0 Å². The minimum Gasteiger partial charge on any atom is -0.320 e. The van der Waals surface area contributed by atoms with Crippen molar-refractivity contribution in [3.63, 3.8) is 0 Å². The Morgan fingerprint density at radius 3 is 2.76 bits per heavy atom. The first kappa shape index (κ1) is 13.0. The van der Waals surface area contributed by atoms with Crippen molar-refractivity contribution in [3.8, 4) is 0 Å². The van der Waals surface area contributed by atoms with Crippen molar-refractivity contribution in [2.75, 3.05) is 0 Å². The zero-order valence-electron chi connectivity index (χ0n) is 9.01. The van der Waals surface area contributed by atoms with Crippen LogP contribution < -0.4 is 5.73 Å². The van der Waals surface area contributed by atoms with Crippen molar-refractivity contribution >= 4 is 38.9 Å². The van der Waals surface area contributed by atoms with Gasteiger partial charge in [0.2, 0.25) is 0 Å². The van der Waals surface area contributed by atoms with Crippen molar-refractivity contribution in [2.24, 2.45) is 5.73 Å². The Morgan fingerprint density at radius 2 is 2.18 bits per heavy atom. The molecule has 1 atom stereocenters. The molecule has 0 radical (unpaired) electrons. The SMILES string of the molecule is Cc1cccc(C(N)c2cc(Cl)c(Br)s2)c1F. The Balaban J connectivity index is 2.43. The molecule has 1 aromatic heterocycles. The molecule has 0 fully saturated rings. The summed E-state index contributed by atoms with van der Waals surface area (Å²) in [5.41, 5.74) is 7.15. The molecule has 2 aromatic rings. The molecule has 0 spiro atoms. The van der Waals surface area contributed by atoms with E-state index in [4.69, 9.17) is 17.3 Å². The molecular formula is C12H10BrClFNS. The third-order valence-corrected chi connectivity index (χ3v) is 5.09. The monoisotopic (exact) mass is 333 g/mol. The first-order valence-electron chi connectivity index (χ1n) is 4.96. The number of thiophene rings is 1. The maximum atomic E-state index is 13.9. The summed E-state index contributed by atoms with van der Waals surface area (Å²) in [5.74, 6) is -0.249. The van der Waals surface area contributed by atoms with Gasteiger partial charge in [-0.2, -0.15) is 0 Å². The quantitative estimate of drug-likeness (QED) is 0.849. The van der Waals surface area contributed by atoms with Crippen molar-refractivity contribution in [1.29, 1.82) is 0 Å². The van der Waals surface area contributed by atoms with E-state index >= 15 is 0 Å². The third-order valence-electron chi connectivity index (χ3n) is 2.53. The lowest BCUT2D eigenvalue weighted by molar-refractivity contribution is 0.592. The highest BCUT2D eigenvalue weighted by atomic mass is 79.9. The third kappa shape index (κ3) is 2.55. The molecular weight excluding hydrogens is 325 g/mol. The second kappa shape index (κ2) is 5.06. The van der Waals surface area contributed by atoms with E-state index in [2.05, 4.69) is 15.9 Å². The lowest BCUT2D eigenvalue weighted by Crippen LogP contribution is -2.12. The topological polar surface area (TPSA) is 26.0 Å². The molecule has 2 rings (SSSR count). The van der Waals surface area contributed by atoms with Gasteiger partial charge in [-0.3, -0.25) is 0 Å². The van der Waals surface area contributed by atoms with E-state index in [0.29, 0.717) is 16.1 Å². The molecule has 0 saturated carbocycles. The van der Waals surface area contributed by atoms with Gasteiger partial charge in [0.25, 0.3) is 0 Å². The van der Waals surface area contributed by atoms with Gasteiger partial charge in [-0.15, -0.1) is 11.3 Å². The standard InChI is InChI=1S/C12H10BrClFNS/c1-6-3-2-4-7(10(6)15)11(16)9-5-8(14)12(13)17-9/h2-5,11H,16H2,1H3. The Morgan fingerprint density at radius 1 is 1.47 bits per heavy atom. The number of benzene rings is 1. The average molecular weight is 335 g/mol. The van der Waals surface area contributed by atoms with E-state index in [-0.39, 0.29) is 5.82 Å². The summed E-state index contributed by atoms with van der Waals surface area (Å²) in [6, 6.07) is 6.52. The molecule has 0 bridgehead atoms. The van der Waals surface area contributed by atoms with E-state index < -0.39 is 6.04 Å². The fourth-order valence-electron chi connectivity index (χ4n) is 1.58. The van der Waals surface area contributed by atoms with Gasteiger partial charge in [0, 0.05) is 10.4 Å². The molecule has 1 heterocycles. The summed E-state index contributed by atoms with van der Waals surface area (Å²) < 4.78 is 14.7. The molecule has 0 amide bonds. The van der Waals surface area contributed by atoms with Gasteiger partial charge in [-0.1, -0.05) is 29.8 Å². The van der Waals surface area contributed by atoms with Gasteiger partial charge >= 0.3 is 0 Å². The van der Waals surface area contributed by atoms with Crippen LogP contribution in [0.2, 0.25) is 5.02 Å². The number of aryl methyl sites for hydroxylation is 1. The summed E-state index contributed by atoms with van der Waals surface area (Å²) in [4.78, 5) is 0.839. The number of nitrogens with two attached hydrogens (primary N) is 1. The predicted octanol–water partition coefficient (Wildman–Crippen LogP) is 4.66. The number of hydrogen-bond donors (Lipinski definition) is 1.